The molecule has 2 aromatic carbocycles. The Balaban J connectivity index is 1.69. The highest BCUT2D eigenvalue weighted by molar-refractivity contribution is 9.10. The minimum Gasteiger partial charge on any atom is -0.370 e. The molecule has 20 heavy (non-hydrogen) atoms. The van der Waals surface area contributed by atoms with Crippen LogP contribution in [0.15, 0.2) is 59.1 Å². The first-order chi connectivity index (χ1) is 9.75. The van der Waals surface area contributed by atoms with Gasteiger partial charge in [-0.1, -0.05) is 64.5 Å². The minimum atomic E-state index is -0.275. The standard InChI is InChI=1S/C16H16BrNO2/c17-15-9-5-4-8-14(15)10-11-18-20-16(19)12-13-6-2-1-3-7-13/h1-9,18H,10-12H2. The number of hydroxylamine groups is 1. The van der Waals surface area contributed by atoms with Crippen molar-refractivity contribution in [2.75, 3.05) is 6.54 Å². The highest BCUT2D eigenvalue weighted by atomic mass is 79.9. The van der Waals surface area contributed by atoms with Gasteiger partial charge in [0.25, 0.3) is 0 Å². The number of nitrogens with one attached hydrogen (secondary N) is 1. The SMILES string of the molecule is O=C(Cc1ccccc1)ONCCc1ccccc1Br. The van der Waals surface area contributed by atoms with E-state index in [0.29, 0.717) is 6.54 Å². The molecule has 0 heterocycles. The van der Waals surface area contributed by atoms with Crippen LogP contribution >= 0.6 is 15.9 Å². The van der Waals surface area contributed by atoms with E-state index in [1.165, 1.54) is 5.56 Å². The molecule has 0 spiro atoms. The summed E-state index contributed by atoms with van der Waals surface area (Å²) in [6.07, 6.45) is 1.07. The van der Waals surface area contributed by atoms with Crippen LogP contribution < -0.4 is 5.48 Å². The largest absolute Gasteiger partial charge is 0.370 e. The summed E-state index contributed by atoms with van der Waals surface area (Å²) in [6.45, 7) is 0.586. The van der Waals surface area contributed by atoms with E-state index in [2.05, 4.69) is 21.4 Å². The van der Waals surface area contributed by atoms with Crippen molar-refractivity contribution in [3.05, 3.63) is 70.2 Å². The van der Waals surface area contributed by atoms with Crippen LogP contribution in [-0.2, 0) is 22.5 Å². The molecule has 0 unspecified atom stereocenters. The Hall–Kier alpha value is -1.65. The molecule has 0 aromatic heterocycles. The topological polar surface area (TPSA) is 38.3 Å². The Morgan fingerprint density at radius 3 is 2.50 bits per heavy atom. The fraction of sp³-hybridized carbons (Fsp3) is 0.188. The molecule has 0 saturated carbocycles. The van der Waals surface area contributed by atoms with Gasteiger partial charge in [0, 0.05) is 11.0 Å². The van der Waals surface area contributed by atoms with Crippen molar-refractivity contribution in [1.82, 2.24) is 5.48 Å². The molecule has 0 amide bonds. The molecule has 0 radical (unpaired) electrons. The molecule has 0 saturated heterocycles. The van der Waals surface area contributed by atoms with E-state index in [0.717, 1.165) is 16.5 Å². The highest BCUT2D eigenvalue weighted by Gasteiger charge is 2.04. The summed E-state index contributed by atoms with van der Waals surface area (Å²) >= 11 is 3.49. The van der Waals surface area contributed by atoms with Crippen LogP contribution in [-0.4, -0.2) is 12.5 Å². The van der Waals surface area contributed by atoms with Gasteiger partial charge in [0.05, 0.1) is 6.42 Å². The number of carbonyl (C=O) groups excluding carboxylic acids is 1. The van der Waals surface area contributed by atoms with Crippen molar-refractivity contribution in [2.24, 2.45) is 0 Å². The van der Waals surface area contributed by atoms with Crippen molar-refractivity contribution in [3.8, 4) is 0 Å². The lowest BCUT2D eigenvalue weighted by atomic mass is 10.1. The maximum absolute atomic E-state index is 11.6. The van der Waals surface area contributed by atoms with Crippen molar-refractivity contribution < 1.29 is 9.63 Å². The lowest BCUT2D eigenvalue weighted by molar-refractivity contribution is -0.150. The molecule has 0 fully saturated rings. The predicted molar refractivity (Wildman–Crippen MR) is 82.1 cm³/mol. The van der Waals surface area contributed by atoms with E-state index in [4.69, 9.17) is 4.84 Å². The van der Waals surface area contributed by atoms with E-state index in [-0.39, 0.29) is 12.4 Å². The number of rotatable bonds is 6. The smallest absolute Gasteiger partial charge is 0.329 e. The van der Waals surface area contributed by atoms with Gasteiger partial charge in [0.1, 0.15) is 0 Å². The number of hydrogen-bond acceptors (Lipinski definition) is 3. The van der Waals surface area contributed by atoms with Gasteiger partial charge in [-0.15, -0.1) is 0 Å². The second-order valence-corrected chi connectivity index (χ2v) is 5.23. The normalized spacial score (nSPS) is 10.2. The number of halogens is 1. The molecule has 4 heteroatoms. The van der Waals surface area contributed by atoms with Gasteiger partial charge in [-0.05, 0) is 23.6 Å². The van der Waals surface area contributed by atoms with E-state index in [9.17, 15) is 4.79 Å². The molecule has 0 aliphatic heterocycles. The van der Waals surface area contributed by atoms with Crippen LogP contribution in [0.3, 0.4) is 0 Å². The summed E-state index contributed by atoms with van der Waals surface area (Å²) in [5, 5.41) is 0. The summed E-state index contributed by atoms with van der Waals surface area (Å²) in [5.74, 6) is -0.275. The van der Waals surface area contributed by atoms with Gasteiger partial charge in [0.15, 0.2) is 0 Å². The first-order valence-corrected chi connectivity index (χ1v) is 7.25. The average molecular weight is 334 g/mol. The number of benzene rings is 2. The highest BCUT2D eigenvalue weighted by Crippen LogP contribution is 2.15. The zero-order valence-corrected chi connectivity index (χ0v) is 12.6. The van der Waals surface area contributed by atoms with Crippen LogP contribution in [0.4, 0.5) is 0 Å². The van der Waals surface area contributed by atoms with Gasteiger partial charge in [-0.25, -0.2) is 0 Å². The minimum absolute atomic E-state index is 0.275. The molecular formula is C16H16BrNO2. The molecule has 2 aromatic rings. The van der Waals surface area contributed by atoms with Crippen LogP contribution in [0.1, 0.15) is 11.1 Å². The van der Waals surface area contributed by atoms with Gasteiger partial charge < -0.3 is 4.84 Å². The average Bonchev–Trinajstić information content (AvgIpc) is 2.46. The number of hydrogen-bond donors (Lipinski definition) is 1. The summed E-state index contributed by atoms with van der Waals surface area (Å²) in [7, 11) is 0. The van der Waals surface area contributed by atoms with Gasteiger partial charge in [0.2, 0.25) is 0 Å². The molecule has 0 bridgehead atoms. The monoisotopic (exact) mass is 333 g/mol. The Kier molecular flexibility index (Phi) is 5.77. The Labute approximate surface area is 127 Å². The Bertz CT molecular complexity index is 557. The van der Waals surface area contributed by atoms with E-state index < -0.39 is 0 Å². The lowest BCUT2D eigenvalue weighted by Crippen LogP contribution is -2.23. The zero-order valence-electron chi connectivity index (χ0n) is 11.0. The first-order valence-electron chi connectivity index (χ1n) is 6.45. The van der Waals surface area contributed by atoms with Crippen molar-refractivity contribution in [1.29, 1.82) is 0 Å². The van der Waals surface area contributed by atoms with Crippen molar-refractivity contribution in [3.63, 3.8) is 0 Å². The number of carbonyl (C=O) groups is 1. The maximum Gasteiger partial charge on any atom is 0.329 e. The van der Waals surface area contributed by atoms with Gasteiger partial charge in [-0.2, -0.15) is 5.48 Å². The molecular weight excluding hydrogens is 318 g/mol. The quantitative estimate of drug-likeness (QED) is 0.651. The predicted octanol–water partition coefficient (Wildman–Crippen LogP) is 3.28. The Morgan fingerprint density at radius 2 is 1.75 bits per heavy atom. The van der Waals surface area contributed by atoms with Crippen LogP contribution in [0.5, 0.6) is 0 Å². The van der Waals surface area contributed by atoms with Gasteiger partial charge >= 0.3 is 5.97 Å². The fourth-order valence-corrected chi connectivity index (χ4v) is 2.30. The summed E-state index contributed by atoms with van der Waals surface area (Å²) in [4.78, 5) is 16.6. The molecule has 2 rings (SSSR count). The third-order valence-corrected chi connectivity index (χ3v) is 3.61. The van der Waals surface area contributed by atoms with Crippen LogP contribution in [0.2, 0.25) is 0 Å². The second-order valence-electron chi connectivity index (χ2n) is 4.37. The molecule has 0 aliphatic rings. The van der Waals surface area contributed by atoms with E-state index >= 15 is 0 Å². The third kappa shape index (κ3) is 4.79. The van der Waals surface area contributed by atoms with Gasteiger partial charge in [-0.3, -0.25) is 4.79 Å². The molecule has 3 nitrogen and oxygen atoms in total. The first kappa shape index (κ1) is 14.8. The fourth-order valence-electron chi connectivity index (χ4n) is 1.82. The Morgan fingerprint density at radius 1 is 1.05 bits per heavy atom. The zero-order chi connectivity index (χ0) is 14.2. The van der Waals surface area contributed by atoms with Crippen LogP contribution in [0.25, 0.3) is 0 Å². The maximum atomic E-state index is 11.6. The van der Waals surface area contributed by atoms with Crippen LogP contribution in [0, 0.1) is 0 Å². The summed E-state index contributed by atoms with van der Waals surface area (Å²) < 4.78 is 1.07. The van der Waals surface area contributed by atoms with Crippen molar-refractivity contribution >= 4 is 21.9 Å². The second kappa shape index (κ2) is 7.82. The molecule has 0 aliphatic carbocycles. The van der Waals surface area contributed by atoms with E-state index in [1.54, 1.807) is 0 Å². The third-order valence-electron chi connectivity index (χ3n) is 2.83. The molecule has 104 valence electrons. The van der Waals surface area contributed by atoms with E-state index in [1.807, 2.05) is 54.6 Å². The summed E-state index contributed by atoms with van der Waals surface area (Å²) in [5.41, 5.74) is 4.84. The molecule has 0 atom stereocenters. The molecule has 1 N–H and O–H groups in total. The summed E-state index contributed by atoms with van der Waals surface area (Å²) in [6, 6.07) is 17.5. The lowest BCUT2D eigenvalue weighted by Gasteiger charge is -2.07. The van der Waals surface area contributed by atoms with Crippen molar-refractivity contribution in [2.45, 2.75) is 12.8 Å².